The van der Waals surface area contributed by atoms with Crippen LogP contribution in [0.2, 0.25) is 0 Å². The highest BCUT2D eigenvalue weighted by Crippen LogP contribution is 2.46. The second-order valence-corrected chi connectivity index (χ2v) is 17.5. The Morgan fingerprint density at radius 1 is 0.906 bits per heavy atom. The summed E-state index contributed by atoms with van der Waals surface area (Å²) in [5.74, 6) is -2.80. The predicted molar refractivity (Wildman–Crippen MR) is 198 cm³/mol. The van der Waals surface area contributed by atoms with Crippen molar-refractivity contribution in [1.82, 2.24) is 25.6 Å². The third-order valence-electron chi connectivity index (χ3n) is 10.2. The monoisotopic (exact) mass is 747 g/mol. The van der Waals surface area contributed by atoms with Gasteiger partial charge in [0.1, 0.15) is 23.2 Å². The molecular formula is C39H49N5O8S. The van der Waals surface area contributed by atoms with E-state index in [9.17, 15) is 32.4 Å². The zero-order chi connectivity index (χ0) is 38.0. The summed E-state index contributed by atoms with van der Waals surface area (Å²) in [4.78, 5) is 70.0. The number of amides is 5. The van der Waals surface area contributed by atoms with Gasteiger partial charge in [0.05, 0.1) is 5.25 Å². The van der Waals surface area contributed by atoms with Gasteiger partial charge >= 0.3 is 6.09 Å². The summed E-state index contributed by atoms with van der Waals surface area (Å²) in [5, 5.41) is 7.89. The molecule has 0 unspecified atom stereocenters. The molecule has 14 heteroatoms. The molecule has 2 aliphatic heterocycles. The van der Waals surface area contributed by atoms with E-state index in [4.69, 9.17) is 4.74 Å². The van der Waals surface area contributed by atoms with Gasteiger partial charge in [0.25, 0.3) is 11.8 Å². The Bertz CT molecular complexity index is 1860. The Balaban J connectivity index is 1.25. The predicted octanol–water partition coefficient (Wildman–Crippen LogP) is 3.95. The van der Waals surface area contributed by atoms with E-state index < -0.39 is 74.3 Å². The smallest absolute Gasteiger partial charge is 0.408 e. The SMILES string of the molecule is CC(C)(C)OC(=O)N[C@H]1CCCCCC=C[C@@H]2C[C@@]2(C(=O)NS(=O)(=O)C2CC2)NC(=O)[C@@H]2C[C@@H](NC(=O)c3ccc(-c4ccccc4)cc3)CN2C1=O. The molecule has 0 aromatic heterocycles. The van der Waals surface area contributed by atoms with Crippen LogP contribution in [0, 0.1) is 5.92 Å². The number of benzene rings is 2. The molecule has 4 aliphatic rings. The highest BCUT2D eigenvalue weighted by molar-refractivity contribution is 7.91. The summed E-state index contributed by atoms with van der Waals surface area (Å²) < 4.78 is 33.2. The molecule has 2 saturated carbocycles. The van der Waals surface area contributed by atoms with Gasteiger partial charge < -0.3 is 25.6 Å². The van der Waals surface area contributed by atoms with Crippen LogP contribution in [0.1, 0.15) is 88.9 Å². The first-order valence-electron chi connectivity index (χ1n) is 18.5. The van der Waals surface area contributed by atoms with Crippen LogP contribution in [-0.2, 0) is 29.1 Å². The third-order valence-corrected chi connectivity index (χ3v) is 12.0. The number of nitrogens with zero attached hydrogens (tertiary/aromatic N) is 1. The van der Waals surface area contributed by atoms with Crippen LogP contribution in [0.15, 0.2) is 66.7 Å². The van der Waals surface area contributed by atoms with Gasteiger partial charge in [-0.3, -0.25) is 23.9 Å². The number of allylic oxidation sites excluding steroid dienone is 1. The lowest BCUT2D eigenvalue weighted by Crippen LogP contribution is -2.58. The van der Waals surface area contributed by atoms with E-state index in [1.165, 1.54) is 4.90 Å². The second-order valence-electron chi connectivity index (χ2n) is 15.6. The lowest BCUT2D eigenvalue weighted by molar-refractivity contribution is -0.141. The van der Waals surface area contributed by atoms with E-state index in [2.05, 4.69) is 20.7 Å². The van der Waals surface area contributed by atoms with Crippen molar-refractivity contribution in [3.8, 4) is 11.1 Å². The van der Waals surface area contributed by atoms with E-state index in [0.29, 0.717) is 37.7 Å². The Labute approximate surface area is 310 Å². The zero-order valence-electron chi connectivity index (χ0n) is 30.4. The lowest BCUT2D eigenvalue weighted by Gasteiger charge is -2.30. The molecular weight excluding hydrogens is 699 g/mol. The van der Waals surface area contributed by atoms with Crippen molar-refractivity contribution in [2.24, 2.45) is 5.92 Å². The number of ether oxygens (including phenoxy) is 1. The third kappa shape index (κ3) is 9.27. The number of carbonyl (C=O) groups excluding carboxylic acids is 5. The van der Waals surface area contributed by atoms with Gasteiger partial charge in [-0.1, -0.05) is 67.5 Å². The number of hydrogen-bond acceptors (Lipinski definition) is 8. The lowest BCUT2D eigenvalue weighted by atomic mass is 10.0. The summed E-state index contributed by atoms with van der Waals surface area (Å²) in [6.45, 7) is 5.12. The fourth-order valence-electron chi connectivity index (χ4n) is 7.07. The van der Waals surface area contributed by atoms with Crippen molar-refractivity contribution in [1.29, 1.82) is 0 Å². The maximum Gasteiger partial charge on any atom is 0.408 e. The van der Waals surface area contributed by atoms with Crippen molar-refractivity contribution in [3.63, 3.8) is 0 Å². The summed E-state index contributed by atoms with van der Waals surface area (Å²) in [5.41, 5.74) is 0.0155. The molecule has 2 heterocycles. The molecule has 5 atom stereocenters. The van der Waals surface area contributed by atoms with E-state index in [1.54, 1.807) is 32.9 Å². The average molecular weight is 748 g/mol. The van der Waals surface area contributed by atoms with Crippen LogP contribution in [0.3, 0.4) is 0 Å². The summed E-state index contributed by atoms with van der Waals surface area (Å²) in [6.07, 6.45) is 7.30. The van der Waals surface area contributed by atoms with Gasteiger partial charge in [-0.25, -0.2) is 13.2 Å². The summed E-state index contributed by atoms with van der Waals surface area (Å²) in [7, 11) is -3.89. The van der Waals surface area contributed by atoms with Crippen LogP contribution in [0.5, 0.6) is 0 Å². The van der Waals surface area contributed by atoms with Crippen LogP contribution < -0.4 is 20.7 Å². The highest BCUT2D eigenvalue weighted by atomic mass is 32.2. The van der Waals surface area contributed by atoms with Gasteiger partial charge in [-0.2, -0.15) is 0 Å². The van der Waals surface area contributed by atoms with Crippen molar-refractivity contribution < 1.29 is 37.1 Å². The largest absolute Gasteiger partial charge is 0.444 e. The molecule has 3 fully saturated rings. The molecule has 5 amide bonds. The second kappa shape index (κ2) is 15.3. The van der Waals surface area contributed by atoms with Crippen molar-refractivity contribution in [2.75, 3.05) is 6.54 Å². The van der Waals surface area contributed by atoms with Crippen molar-refractivity contribution in [2.45, 2.75) is 113 Å². The maximum atomic E-state index is 14.4. The molecule has 1 saturated heterocycles. The Morgan fingerprint density at radius 2 is 1.60 bits per heavy atom. The molecule has 0 radical (unpaired) electrons. The van der Waals surface area contributed by atoms with Crippen LogP contribution in [0.4, 0.5) is 4.79 Å². The van der Waals surface area contributed by atoms with Gasteiger partial charge in [0.2, 0.25) is 21.8 Å². The number of rotatable bonds is 7. The van der Waals surface area contributed by atoms with Crippen molar-refractivity contribution in [3.05, 3.63) is 72.3 Å². The molecule has 0 spiro atoms. The molecule has 53 heavy (non-hydrogen) atoms. The fraction of sp³-hybridized carbons (Fsp3) is 0.513. The van der Waals surface area contributed by atoms with Crippen molar-refractivity contribution >= 4 is 39.7 Å². The van der Waals surface area contributed by atoms with Gasteiger partial charge in [0.15, 0.2) is 0 Å². The number of sulfonamides is 1. The minimum Gasteiger partial charge on any atom is -0.444 e. The molecule has 4 N–H and O–H groups in total. The first-order valence-corrected chi connectivity index (χ1v) is 20.0. The first kappa shape index (κ1) is 38.0. The maximum absolute atomic E-state index is 14.4. The number of nitrogens with one attached hydrogen (secondary N) is 4. The molecule has 284 valence electrons. The normalized spacial score (nSPS) is 26.5. The Morgan fingerprint density at radius 3 is 2.28 bits per heavy atom. The quantitative estimate of drug-likeness (QED) is 0.308. The van der Waals surface area contributed by atoms with E-state index >= 15 is 0 Å². The number of alkyl carbamates (subject to hydrolysis) is 1. The zero-order valence-corrected chi connectivity index (χ0v) is 31.2. The van der Waals surface area contributed by atoms with Gasteiger partial charge in [0, 0.05) is 24.1 Å². The number of carbonyl (C=O) groups is 5. The molecule has 13 nitrogen and oxygen atoms in total. The van der Waals surface area contributed by atoms with Gasteiger partial charge in [-0.05, 0) is 89.0 Å². The van der Waals surface area contributed by atoms with Crippen LogP contribution >= 0.6 is 0 Å². The Hall–Kier alpha value is -4.72. The number of hydrogen-bond donors (Lipinski definition) is 4. The minimum atomic E-state index is -3.89. The van der Waals surface area contributed by atoms with E-state index in [-0.39, 0.29) is 25.3 Å². The molecule has 2 aromatic carbocycles. The fourth-order valence-corrected chi connectivity index (χ4v) is 8.43. The molecule has 0 bridgehead atoms. The summed E-state index contributed by atoms with van der Waals surface area (Å²) >= 11 is 0. The summed E-state index contributed by atoms with van der Waals surface area (Å²) in [6, 6.07) is 14.1. The highest BCUT2D eigenvalue weighted by Gasteiger charge is 2.62. The average Bonchev–Trinajstić information content (AvgIpc) is 4.03. The van der Waals surface area contributed by atoms with E-state index in [0.717, 1.165) is 24.0 Å². The number of fused-ring (bicyclic) bond motifs is 2. The molecule has 2 aromatic rings. The van der Waals surface area contributed by atoms with E-state index in [1.807, 2.05) is 54.6 Å². The topological polar surface area (TPSA) is 180 Å². The minimum absolute atomic E-state index is 0.0309. The van der Waals surface area contributed by atoms with Gasteiger partial charge in [-0.15, -0.1) is 0 Å². The van der Waals surface area contributed by atoms with Crippen LogP contribution in [0.25, 0.3) is 11.1 Å². The Kier molecular flexibility index (Phi) is 11.0. The molecule has 2 aliphatic carbocycles. The standard InChI is InChI=1S/C39H49N5O8S/c1-38(2,3)52-37(49)41-31-15-11-6-4-5-10-14-28-23-39(28,36(48)43-53(50,51)30-20-21-30)42-34(46)32-22-29(24-44(32)35(31)47)40-33(45)27-18-16-26(17-19-27)25-12-8-7-9-13-25/h7-10,12-14,16-19,28-32H,4-6,11,15,20-24H2,1-3H3,(H,40,45)(H,41,49)(H,42,46)(H,43,48)/t28-,29-,31+,32+,39-/m1/s1. The van der Waals surface area contributed by atoms with Crippen LogP contribution in [-0.4, -0.2) is 84.1 Å². The first-order chi connectivity index (χ1) is 25.1. The molecule has 6 rings (SSSR count).